The van der Waals surface area contributed by atoms with Crippen LogP contribution < -0.4 is 10.6 Å². The maximum absolute atomic E-state index is 13.8. The third-order valence-electron chi connectivity index (χ3n) is 7.90. The van der Waals surface area contributed by atoms with Crippen molar-refractivity contribution in [3.05, 3.63) is 35.9 Å². The number of rotatable bonds is 12. The molecule has 2 fully saturated rings. The van der Waals surface area contributed by atoms with Gasteiger partial charge in [-0.25, -0.2) is 9.79 Å². The van der Waals surface area contributed by atoms with Gasteiger partial charge in [-0.3, -0.25) is 15.0 Å². The number of likely N-dealkylation sites (tertiary alicyclic amines) is 1. The number of hydrogen-bond acceptors (Lipinski definition) is 7. The lowest BCUT2D eigenvalue weighted by Crippen LogP contribution is -2.56. The molecule has 0 aromatic heterocycles. The summed E-state index contributed by atoms with van der Waals surface area (Å²) in [5, 5.41) is 16.1. The summed E-state index contributed by atoms with van der Waals surface area (Å²) in [7, 11) is 0. The van der Waals surface area contributed by atoms with Crippen LogP contribution in [0.2, 0.25) is 0 Å². The van der Waals surface area contributed by atoms with Crippen LogP contribution in [-0.4, -0.2) is 85.3 Å². The zero-order valence-corrected chi connectivity index (χ0v) is 27.1. The minimum Gasteiger partial charge on any atom is -0.450 e. The number of benzene rings is 1. The summed E-state index contributed by atoms with van der Waals surface area (Å²) in [4.78, 5) is 35.3. The smallest absolute Gasteiger partial charge is 0.413 e. The van der Waals surface area contributed by atoms with Crippen molar-refractivity contribution in [1.82, 2.24) is 20.4 Å². The van der Waals surface area contributed by atoms with Crippen molar-refractivity contribution in [3.63, 3.8) is 0 Å². The van der Waals surface area contributed by atoms with Gasteiger partial charge in [-0.1, -0.05) is 77.3 Å². The topological polar surface area (TPSA) is 119 Å². The average molecular weight is 599 g/mol. The van der Waals surface area contributed by atoms with Gasteiger partial charge < -0.3 is 19.7 Å². The van der Waals surface area contributed by atoms with E-state index in [1.165, 1.54) is 5.56 Å². The number of unbranched alkanes of at least 4 members (excludes halogenated alkanes) is 1. The first kappa shape index (κ1) is 36.0. The predicted molar refractivity (Wildman–Crippen MR) is 170 cm³/mol. The fourth-order valence-corrected chi connectivity index (χ4v) is 5.29. The highest BCUT2D eigenvalue weighted by atomic mass is 16.5. The highest BCUT2D eigenvalue weighted by Gasteiger charge is 2.38. The number of piperidine rings is 1. The van der Waals surface area contributed by atoms with Crippen LogP contribution in [-0.2, 0) is 20.8 Å². The number of alkyl carbamates (subject to hydrolysis) is 1. The third-order valence-corrected chi connectivity index (χ3v) is 7.90. The normalized spacial score (nSPS) is 18.3. The minimum atomic E-state index is -0.945. The second kappa shape index (κ2) is 19.9. The van der Waals surface area contributed by atoms with Gasteiger partial charge in [-0.15, -0.1) is 0 Å². The Morgan fingerprint density at radius 2 is 1.74 bits per heavy atom. The molecule has 2 aliphatic rings. The van der Waals surface area contributed by atoms with Crippen LogP contribution in [0.5, 0.6) is 0 Å². The van der Waals surface area contributed by atoms with Crippen molar-refractivity contribution in [2.75, 3.05) is 46.0 Å². The van der Waals surface area contributed by atoms with Gasteiger partial charge in [0.15, 0.2) is 0 Å². The molecule has 0 radical (unpaired) electrons. The Labute approximate surface area is 259 Å². The molecule has 10 nitrogen and oxygen atoms in total. The Kier molecular flexibility index (Phi) is 16.7. The minimum absolute atomic E-state index is 0.229. The van der Waals surface area contributed by atoms with E-state index < -0.39 is 17.7 Å². The van der Waals surface area contributed by atoms with Gasteiger partial charge in [-0.2, -0.15) is 5.26 Å². The summed E-state index contributed by atoms with van der Waals surface area (Å²) in [5.41, 5.74) is 0.289. The molecule has 2 N–H and O–H groups in total. The molecule has 2 aliphatic heterocycles. The average Bonchev–Trinajstić information content (AvgIpc) is 3.04. The number of aliphatic imine (C=N–C) groups is 1. The molecule has 2 atom stereocenters. The molecule has 0 spiro atoms. The molecule has 43 heavy (non-hydrogen) atoms. The van der Waals surface area contributed by atoms with Crippen molar-refractivity contribution in [3.8, 4) is 6.07 Å². The van der Waals surface area contributed by atoms with Crippen LogP contribution in [0, 0.1) is 17.2 Å². The van der Waals surface area contributed by atoms with E-state index in [1.807, 2.05) is 36.9 Å². The number of ether oxygens (including phenoxy) is 2. The zero-order chi connectivity index (χ0) is 31.5. The van der Waals surface area contributed by atoms with E-state index in [1.54, 1.807) is 6.92 Å². The van der Waals surface area contributed by atoms with Crippen molar-refractivity contribution in [2.24, 2.45) is 10.9 Å². The predicted octanol–water partition coefficient (Wildman–Crippen LogP) is 5.10. The molecule has 0 bridgehead atoms. The van der Waals surface area contributed by atoms with Crippen molar-refractivity contribution < 1.29 is 19.1 Å². The molecule has 240 valence electrons. The van der Waals surface area contributed by atoms with Crippen LogP contribution >= 0.6 is 0 Å². The Bertz CT molecular complexity index is 1010. The standard InChI is InChI=1S/C31H48N6O4.C2H6/c1-4-6-10-25(3)13-14-27(33-29(34-30(39)41-5-2)37-19-21-40-22-20-37)28(38)35-31(24-32)15-17-36(18-16-31)23-26-11-8-7-9-12-26;1-2/h7-9,11-12,25,27H,4-6,10,13-23H2,1-3H3,(H,35,38)(H,33,34,39);1-2H3. The molecule has 2 unspecified atom stereocenters. The molecule has 2 amide bonds. The maximum Gasteiger partial charge on any atom is 0.413 e. The first-order chi connectivity index (χ1) is 20.9. The second-order valence-corrected chi connectivity index (χ2v) is 11.2. The molecular formula is C33H54N6O4. The largest absolute Gasteiger partial charge is 0.450 e. The number of carbonyl (C=O) groups excluding carboxylic acids is 2. The van der Waals surface area contributed by atoms with E-state index in [9.17, 15) is 14.9 Å². The number of guanidine groups is 1. The summed E-state index contributed by atoms with van der Waals surface area (Å²) in [5.74, 6) is 0.482. The van der Waals surface area contributed by atoms with E-state index in [4.69, 9.17) is 14.5 Å². The van der Waals surface area contributed by atoms with Crippen LogP contribution in [0.25, 0.3) is 0 Å². The number of carbonyl (C=O) groups is 2. The summed E-state index contributed by atoms with van der Waals surface area (Å²) < 4.78 is 10.6. The number of morpholine rings is 1. The molecule has 2 heterocycles. The van der Waals surface area contributed by atoms with E-state index in [2.05, 4.69) is 47.6 Å². The number of hydrogen-bond donors (Lipinski definition) is 2. The molecule has 0 aliphatic carbocycles. The molecule has 0 saturated carbocycles. The summed E-state index contributed by atoms with van der Waals surface area (Å²) in [6.45, 7) is 14.7. The Morgan fingerprint density at radius 3 is 2.35 bits per heavy atom. The molecular weight excluding hydrogens is 544 g/mol. The van der Waals surface area contributed by atoms with Crippen molar-refractivity contribution >= 4 is 18.0 Å². The number of nitrogens with one attached hydrogen (secondary N) is 2. The van der Waals surface area contributed by atoms with Crippen molar-refractivity contribution in [1.29, 1.82) is 5.26 Å². The highest BCUT2D eigenvalue weighted by molar-refractivity contribution is 5.96. The molecule has 10 heteroatoms. The highest BCUT2D eigenvalue weighted by Crippen LogP contribution is 2.24. The number of nitriles is 1. The molecule has 2 saturated heterocycles. The van der Waals surface area contributed by atoms with E-state index in [0.717, 1.165) is 32.2 Å². The van der Waals surface area contributed by atoms with Gasteiger partial charge in [0.25, 0.3) is 0 Å². The Morgan fingerprint density at radius 1 is 1.07 bits per heavy atom. The lowest BCUT2D eigenvalue weighted by atomic mass is 9.88. The third kappa shape index (κ3) is 12.5. The molecule has 1 aromatic rings. The van der Waals surface area contributed by atoms with Gasteiger partial charge in [0.05, 0.1) is 25.9 Å². The van der Waals surface area contributed by atoms with E-state index >= 15 is 0 Å². The van der Waals surface area contributed by atoms with E-state index in [-0.39, 0.29) is 12.5 Å². The Hall–Kier alpha value is -3.16. The number of amides is 2. The van der Waals surface area contributed by atoms with Gasteiger partial charge in [0.1, 0.15) is 11.6 Å². The van der Waals surface area contributed by atoms with E-state index in [0.29, 0.717) is 70.5 Å². The monoisotopic (exact) mass is 598 g/mol. The fraction of sp³-hybridized carbons (Fsp3) is 0.697. The second-order valence-electron chi connectivity index (χ2n) is 11.2. The van der Waals surface area contributed by atoms with Crippen molar-refractivity contribution in [2.45, 2.75) is 97.7 Å². The van der Waals surface area contributed by atoms with Crippen LogP contribution in [0.1, 0.15) is 85.1 Å². The summed E-state index contributed by atoms with van der Waals surface area (Å²) in [6.07, 6.45) is 5.19. The van der Waals surface area contributed by atoms with Gasteiger partial charge in [0.2, 0.25) is 11.9 Å². The maximum atomic E-state index is 13.8. The fourth-order valence-electron chi connectivity index (χ4n) is 5.29. The van der Waals surface area contributed by atoms with Gasteiger partial charge in [-0.05, 0) is 44.1 Å². The first-order valence-electron chi connectivity index (χ1n) is 16.2. The lowest BCUT2D eigenvalue weighted by molar-refractivity contribution is -0.124. The van der Waals surface area contributed by atoms with Crippen LogP contribution in [0.4, 0.5) is 4.79 Å². The molecule has 1 aromatic carbocycles. The first-order valence-corrected chi connectivity index (χ1v) is 16.2. The Balaban J connectivity index is 0.00000316. The zero-order valence-electron chi connectivity index (χ0n) is 27.1. The van der Waals surface area contributed by atoms with Gasteiger partial charge in [0, 0.05) is 32.7 Å². The number of nitrogens with zero attached hydrogens (tertiary/aromatic N) is 4. The van der Waals surface area contributed by atoms with Crippen LogP contribution in [0.3, 0.4) is 0 Å². The summed E-state index contributed by atoms with van der Waals surface area (Å²) >= 11 is 0. The van der Waals surface area contributed by atoms with Gasteiger partial charge >= 0.3 is 6.09 Å². The quantitative estimate of drug-likeness (QED) is 0.254. The SMILES string of the molecule is CC.CCCCC(C)CCC(N=C(NC(=O)OCC)N1CCOCC1)C(=O)NC1(C#N)CCN(Cc2ccccc2)CC1. The lowest BCUT2D eigenvalue weighted by Gasteiger charge is -2.38. The summed E-state index contributed by atoms with van der Waals surface area (Å²) in [6, 6.07) is 12.0. The van der Waals surface area contributed by atoms with Crippen LogP contribution in [0.15, 0.2) is 35.3 Å². The molecule has 3 rings (SSSR count).